The van der Waals surface area contributed by atoms with Crippen LogP contribution in [0.2, 0.25) is 0 Å². The summed E-state index contributed by atoms with van der Waals surface area (Å²) in [6.07, 6.45) is 4.24. The highest BCUT2D eigenvalue weighted by Crippen LogP contribution is 2.29. The highest BCUT2D eigenvalue weighted by Gasteiger charge is 2.37. The van der Waals surface area contributed by atoms with E-state index in [1.165, 1.54) is 12.8 Å². The Hall–Kier alpha value is -0.620. The van der Waals surface area contributed by atoms with Crippen molar-refractivity contribution in [1.82, 2.24) is 10.2 Å². The van der Waals surface area contributed by atoms with Crippen molar-refractivity contribution >= 4 is 15.7 Å². The van der Waals surface area contributed by atoms with Crippen molar-refractivity contribution < 1.29 is 13.2 Å². The predicted molar refractivity (Wildman–Crippen MR) is 74.7 cm³/mol. The van der Waals surface area contributed by atoms with E-state index in [1.54, 1.807) is 25.8 Å². The summed E-state index contributed by atoms with van der Waals surface area (Å²) in [4.78, 5) is 13.8. The molecule has 1 amide bonds. The molecule has 0 aromatic rings. The molecule has 2 fully saturated rings. The van der Waals surface area contributed by atoms with Crippen LogP contribution < -0.4 is 5.32 Å². The Morgan fingerprint density at radius 3 is 2.26 bits per heavy atom. The Morgan fingerprint density at radius 2 is 1.79 bits per heavy atom. The number of rotatable bonds is 4. The molecule has 110 valence electrons. The van der Waals surface area contributed by atoms with Crippen molar-refractivity contribution in [3.63, 3.8) is 0 Å². The molecule has 0 spiro atoms. The molecule has 1 N–H and O–H groups in total. The third kappa shape index (κ3) is 3.28. The van der Waals surface area contributed by atoms with E-state index in [0.717, 1.165) is 12.8 Å². The Bertz CT molecular complexity index is 435. The molecule has 5 nitrogen and oxygen atoms in total. The summed E-state index contributed by atoms with van der Waals surface area (Å²) < 4.78 is 23.6. The molecule has 0 aromatic carbocycles. The zero-order valence-electron chi connectivity index (χ0n) is 11.9. The Kier molecular flexibility index (Phi) is 4.20. The fraction of sp³-hybridized carbons (Fsp3) is 0.923. The Morgan fingerprint density at radius 1 is 1.26 bits per heavy atom. The van der Waals surface area contributed by atoms with Gasteiger partial charge in [-0.15, -0.1) is 0 Å². The molecule has 0 radical (unpaired) electrons. The van der Waals surface area contributed by atoms with Crippen LogP contribution in [-0.2, 0) is 14.6 Å². The number of sulfone groups is 1. The standard InChI is InChI=1S/C13H24N2O3S/c1-9(2)19(17,18)8-13(16)15(3)12-6-10-4-5-11(7-12)14-10/h9-12,14H,4-8H2,1-3H3. The van der Waals surface area contributed by atoms with Gasteiger partial charge in [0.2, 0.25) is 5.91 Å². The maximum Gasteiger partial charge on any atom is 0.237 e. The minimum atomic E-state index is -3.30. The number of hydrogen-bond donors (Lipinski definition) is 1. The minimum absolute atomic E-state index is 0.189. The molecule has 2 atom stereocenters. The van der Waals surface area contributed by atoms with Crippen LogP contribution >= 0.6 is 0 Å². The van der Waals surface area contributed by atoms with Gasteiger partial charge < -0.3 is 10.2 Å². The maximum absolute atomic E-state index is 12.1. The summed E-state index contributed by atoms with van der Waals surface area (Å²) in [5.41, 5.74) is 0. The fourth-order valence-corrected chi connectivity index (χ4v) is 3.87. The molecule has 0 aromatic heterocycles. The Labute approximate surface area is 115 Å². The molecular weight excluding hydrogens is 264 g/mol. The van der Waals surface area contributed by atoms with E-state index in [1.807, 2.05) is 0 Å². The molecular formula is C13H24N2O3S. The monoisotopic (exact) mass is 288 g/mol. The van der Waals surface area contributed by atoms with Gasteiger partial charge in [0.1, 0.15) is 5.75 Å². The van der Waals surface area contributed by atoms with Gasteiger partial charge >= 0.3 is 0 Å². The van der Waals surface area contributed by atoms with Gasteiger partial charge in [0.15, 0.2) is 9.84 Å². The lowest BCUT2D eigenvalue weighted by Crippen LogP contribution is -2.50. The van der Waals surface area contributed by atoms with Crippen molar-refractivity contribution in [3.05, 3.63) is 0 Å². The Balaban J connectivity index is 1.96. The van der Waals surface area contributed by atoms with Crippen LogP contribution in [0.15, 0.2) is 0 Å². The SMILES string of the molecule is CC(C)S(=O)(=O)CC(=O)N(C)C1CC2CCC(C1)N2. The van der Waals surface area contributed by atoms with E-state index in [4.69, 9.17) is 0 Å². The summed E-state index contributed by atoms with van der Waals surface area (Å²) >= 11 is 0. The van der Waals surface area contributed by atoms with Gasteiger partial charge in [0, 0.05) is 25.2 Å². The van der Waals surface area contributed by atoms with Crippen LogP contribution in [0, 0.1) is 0 Å². The number of piperidine rings is 1. The lowest BCUT2D eigenvalue weighted by Gasteiger charge is -2.35. The average molecular weight is 288 g/mol. The van der Waals surface area contributed by atoms with E-state index in [-0.39, 0.29) is 17.7 Å². The molecule has 2 bridgehead atoms. The molecule has 0 saturated carbocycles. The lowest BCUT2D eigenvalue weighted by molar-refractivity contribution is -0.129. The topological polar surface area (TPSA) is 66.5 Å². The molecule has 2 rings (SSSR count). The quantitative estimate of drug-likeness (QED) is 0.820. The zero-order chi connectivity index (χ0) is 14.2. The fourth-order valence-electron chi connectivity index (χ4n) is 2.99. The van der Waals surface area contributed by atoms with Crippen LogP contribution in [0.4, 0.5) is 0 Å². The van der Waals surface area contributed by atoms with Crippen LogP contribution in [-0.4, -0.2) is 55.4 Å². The summed E-state index contributed by atoms with van der Waals surface area (Å²) in [5.74, 6) is -0.625. The molecule has 19 heavy (non-hydrogen) atoms. The number of carbonyl (C=O) groups is 1. The first kappa shape index (κ1) is 14.8. The largest absolute Gasteiger partial charge is 0.342 e. The molecule has 0 aliphatic carbocycles. The molecule has 2 unspecified atom stereocenters. The van der Waals surface area contributed by atoms with Gasteiger partial charge in [-0.05, 0) is 39.5 Å². The summed E-state index contributed by atoms with van der Waals surface area (Å²) in [5, 5.41) is 3.03. The number of fused-ring (bicyclic) bond motifs is 2. The van der Waals surface area contributed by atoms with Crippen LogP contribution in [0.5, 0.6) is 0 Å². The number of nitrogens with zero attached hydrogens (tertiary/aromatic N) is 1. The van der Waals surface area contributed by atoms with Gasteiger partial charge in [-0.3, -0.25) is 4.79 Å². The summed E-state index contributed by atoms with van der Waals surface area (Å²) in [7, 11) is -1.56. The molecule has 2 aliphatic rings. The second-order valence-electron chi connectivity index (χ2n) is 6.12. The summed E-state index contributed by atoms with van der Waals surface area (Å²) in [6.45, 7) is 3.24. The minimum Gasteiger partial charge on any atom is -0.342 e. The normalized spacial score (nSPS) is 30.6. The van der Waals surface area contributed by atoms with Crippen molar-refractivity contribution in [2.45, 2.75) is 62.9 Å². The van der Waals surface area contributed by atoms with Gasteiger partial charge in [-0.2, -0.15) is 0 Å². The highest BCUT2D eigenvalue weighted by molar-refractivity contribution is 7.92. The van der Waals surface area contributed by atoms with E-state index >= 15 is 0 Å². The van der Waals surface area contributed by atoms with Gasteiger partial charge in [0.05, 0.1) is 5.25 Å². The van der Waals surface area contributed by atoms with Crippen molar-refractivity contribution in [2.75, 3.05) is 12.8 Å². The molecule has 6 heteroatoms. The molecule has 2 saturated heterocycles. The van der Waals surface area contributed by atoms with Crippen LogP contribution in [0.1, 0.15) is 39.5 Å². The van der Waals surface area contributed by atoms with Crippen LogP contribution in [0.25, 0.3) is 0 Å². The third-order valence-corrected chi connectivity index (χ3v) is 6.52. The second-order valence-corrected chi connectivity index (χ2v) is 8.68. The third-order valence-electron chi connectivity index (χ3n) is 4.43. The number of amides is 1. The first-order valence-electron chi connectivity index (χ1n) is 7.03. The van der Waals surface area contributed by atoms with Crippen molar-refractivity contribution in [3.8, 4) is 0 Å². The number of carbonyl (C=O) groups excluding carboxylic acids is 1. The zero-order valence-corrected chi connectivity index (χ0v) is 12.7. The predicted octanol–water partition coefficient (Wildman–Crippen LogP) is 0.551. The average Bonchev–Trinajstić information content (AvgIpc) is 2.66. The maximum atomic E-state index is 12.1. The van der Waals surface area contributed by atoms with Gasteiger partial charge in [0.25, 0.3) is 0 Å². The van der Waals surface area contributed by atoms with Gasteiger partial charge in [-0.1, -0.05) is 0 Å². The second kappa shape index (κ2) is 5.40. The lowest BCUT2D eigenvalue weighted by atomic mass is 9.98. The van der Waals surface area contributed by atoms with E-state index in [2.05, 4.69) is 5.32 Å². The van der Waals surface area contributed by atoms with E-state index < -0.39 is 15.1 Å². The first-order chi connectivity index (χ1) is 8.79. The highest BCUT2D eigenvalue weighted by atomic mass is 32.2. The van der Waals surface area contributed by atoms with Crippen molar-refractivity contribution in [2.24, 2.45) is 0 Å². The molecule has 2 heterocycles. The van der Waals surface area contributed by atoms with Crippen molar-refractivity contribution in [1.29, 1.82) is 0 Å². The number of nitrogens with one attached hydrogen (secondary N) is 1. The van der Waals surface area contributed by atoms with Gasteiger partial charge in [-0.25, -0.2) is 8.42 Å². The first-order valence-corrected chi connectivity index (χ1v) is 8.74. The smallest absolute Gasteiger partial charge is 0.237 e. The van der Waals surface area contributed by atoms with E-state index in [9.17, 15) is 13.2 Å². The van der Waals surface area contributed by atoms with E-state index in [0.29, 0.717) is 12.1 Å². The van der Waals surface area contributed by atoms with Crippen LogP contribution in [0.3, 0.4) is 0 Å². The summed E-state index contributed by atoms with van der Waals surface area (Å²) in [6, 6.07) is 1.19. The number of hydrogen-bond acceptors (Lipinski definition) is 4. The molecule has 2 aliphatic heterocycles.